The summed E-state index contributed by atoms with van der Waals surface area (Å²) in [4.78, 5) is 28.5. The normalized spacial score (nSPS) is 11.2. The molecule has 0 fully saturated rings. The van der Waals surface area contributed by atoms with Gasteiger partial charge in [-0.2, -0.15) is 0 Å². The molecule has 0 radical (unpaired) electrons. The van der Waals surface area contributed by atoms with Gasteiger partial charge in [0, 0.05) is 20.6 Å². The maximum atomic E-state index is 12.4. The van der Waals surface area contributed by atoms with E-state index in [-0.39, 0.29) is 11.2 Å². The van der Waals surface area contributed by atoms with Gasteiger partial charge in [0.05, 0.1) is 12.9 Å². The Balaban J connectivity index is 1.75. The minimum absolute atomic E-state index is 0.328. The first-order valence-corrected chi connectivity index (χ1v) is 8.21. The van der Waals surface area contributed by atoms with Gasteiger partial charge in [-0.15, -0.1) is 0 Å². The van der Waals surface area contributed by atoms with Crippen LogP contribution in [0.15, 0.2) is 34.1 Å². The van der Waals surface area contributed by atoms with Crippen molar-refractivity contribution in [3.63, 3.8) is 0 Å². The van der Waals surface area contributed by atoms with Gasteiger partial charge in [-0.25, -0.2) is 9.78 Å². The van der Waals surface area contributed by atoms with E-state index >= 15 is 0 Å². The average molecular weight is 342 g/mol. The smallest absolute Gasteiger partial charge is 0.332 e. The van der Waals surface area contributed by atoms with Crippen molar-refractivity contribution in [3.05, 3.63) is 56.5 Å². The molecule has 0 bridgehead atoms. The quantitative estimate of drug-likeness (QED) is 0.659. The predicted octanol–water partition coefficient (Wildman–Crippen LogP) is 1.52. The zero-order valence-electron chi connectivity index (χ0n) is 14.9. The van der Waals surface area contributed by atoms with Crippen molar-refractivity contribution in [2.24, 2.45) is 14.1 Å². The van der Waals surface area contributed by atoms with Crippen LogP contribution < -0.4 is 16.0 Å². The lowest BCUT2D eigenvalue weighted by Crippen LogP contribution is -2.37. The molecule has 0 spiro atoms. The first-order valence-electron chi connectivity index (χ1n) is 8.21. The van der Waals surface area contributed by atoms with E-state index in [4.69, 9.17) is 4.74 Å². The van der Waals surface area contributed by atoms with E-state index in [0.29, 0.717) is 24.3 Å². The van der Waals surface area contributed by atoms with Gasteiger partial charge >= 0.3 is 5.69 Å². The van der Waals surface area contributed by atoms with E-state index in [9.17, 15) is 9.59 Å². The topological polar surface area (TPSA) is 71.1 Å². The van der Waals surface area contributed by atoms with E-state index in [1.807, 2.05) is 26.0 Å². The van der Waals surface area contributed by atoms with E-state index in [2.05, 4.69) is 11.1 Å². The van der Waals surface area contributed by atoms with Gasteiger partial charge in [0.2, 0.25) is 0 Å². The molecule has 0 amide bonds. The van der Waals surface area contributed by atoms with Crippen LogP contribution in [0.25, 0.3) is 11.2 Å². The number of aromatic nitrogens is 4. The third kappa shape index (κ3) is 3.09. The summed E-state index contributed by atoms with van der Waals surface area (Å²) in [6.07, 6.45) is 2.33. The molecule has 0 atom stereocenters. The highest BCUT2D eigenvalue weighted by atomic mass is 16.5. The van der Waals surface area contributed by atoms with Crippen LogP contribution in [0.3, 0.4) is 0 Å². The Labute approximate surface area is 145 Å². The van der Waals surface area contributed by atoms with Crippen molar-refractivity contribution >= 4 is 11.2 Å². The molecule has 0 aliphatic heterocycles. The lowest BCUT2D eigenvalue weighted by atomic mass is 10.1. The first-order chi connectivity index (χ1) is 11.9. The molecule has 132 valence electrons. The summed E-state index contributed by atoms with van der Waals surface area (Å²) in [5, 5.41) is 0. The molecule has 2 heterocycles. The van der Waals surface area contributed by atoms with Crippen molar-refractivity contribution in [3.8, 4) is 5.75 Å². The van der Waals surface area contributed by atoms with Crippen LogP contribution in [-0.2, 0) is 20.6 Å². The third-order valence-corrected chi connectivity index (χ3v) is 4.36. The van der Waals surface area contributed by atoms with Crippen LogP contribution in [0, 0.1) is 13.8 Å². The molecule has 0 N–H and O–H groups in total. The second kappa shape index (κ2) is 6.58. The average Bonchev–Trinajstić information content (AvgIpc) is 3.02. The van der Waals surface area contributed by atoms with Crippen molar-refractivity contribution in [2.45, 2.75) is 26.8 Å². The minimum Gasteiger partial charge on any atom is -0.493 e. The van der Waals surface area contributed by atoms with Crippen LogP contribution in [0.2, 0.25) is 0 Å². The summed E-state index contributed by atoms with van der Waals surface area (Å²) in [7, 11) is 3.09. The van der Waals surface area contributed by atoms with E-state index in [1.165, 1.54) is 11.6 Å². The Morgan fingerprint density at radius 2 is 1.88 bits per heavy atom. The van der Waals surface area contributed by atoms with Crippen molar-refractivity contribution in [2.75, 3.05) is 6.61 Å². The number of nitrogens with zero attached hydrogens (tertiary/aromatic N) is 4. The van der Waals surface area contributed by atoms with Crippen molar-refractivity contribution in [1.82, 2.24) is 18.7 Å². The molecule has 0 saturated carbocycles. The minimum atomic E-state index is -0.374. The molecule has 7 nitrogen and oxygen atoms in total. The monoisotopic (exact) mass is 342 g/mol. The summed E-state index contributed by atoms with van der Waals surface area (Å²) >= 11 is 0. The van der Waals surface area contributed by atoms with Gasteiger partial charge in [-0.05, 0) is 37.5 Å². The fourth-order valence-corrected chi connectivity index (χ4v) is 2.85. The van der Waals surface area contributed by atoms with Crippen LogP contribution in [0.5, 0.6) is 5.75 Å². The zero-order valence-corrected chi connectivity index (χ0v) is 14.9. The van der Waals surface area contributed by atoms with E-state index in [0.717, 1.165) is 27.9 Å². The summed E-state index contributed by atoms with van der Waals surface area (Å²) in [5.41, 5.74) is 2.40. The van der Waals surface area contributed by atoms with Gasteiger partial charge < -0.3 is 9.30 Å². The van der Waals surface area contributed by atoms with Crippen molar-refractivity contribution in [1.29, 1.82) is 0 Å². The molecule has 0 aliphatic carbocycles. The van der Waals surface area contributed by atoms with Crippen LogP contribution in [0.4, 0.5) is 0 Å². The molecule has 0 unspecified atom stereocenters. The van der Waals surface area contributed by atoms with Crippen molar-refractivity contribution < 1.29 is 4.74 Å². The molecule has 2 aromatic heterocycles. The molecule has 3 aromatic rings. The zero-order chi connectivity index (χ0) is 18.1. The van der Waals surface area contributed by atoms with Crippen LogP contribution in [-0.4, -0.2) is 25.3 Å². The summed E-state index contributed by atoms with van der Waals surface area (Å²) in [6, 6.07) is 6.12. The van der Waals surface area contributed by atoms with E-state index in [1.54, 1.807) is 17.9 Å². The molecule has 0 saturated heterocycles. The largest absolute Gasteiger partial charge is 0.493 e. The molecular weight excluding hydrogens is 320 g/mol. The number of hydrogen-bond donors (Lipinski definition) is 0. The number of imidazole rings is 1. The highest BCUT2D eigenvalue weighted by Crippen LogP contribution is 2.19. The third-order valence-electron chi connectivity index (χ3n) is 4.36. The van der Waals surface area contributed by atoms with Crippen LogP contribution >= 0.6 is 0 Å². The molecule has 7 heteroatoms. The Kier molecular flexibility index (Phi) is 4.48. The van der Waals surface area contributed by atoms with Gasteiger partial charge in [0.1, 0.15) is 5.75 Å². The van der Waals surface area contributed by atoms with Gasteiger partial charge in [-0.1, -0.05) is 12.1 Å². The summed E-state index contributed by atoms with van der Waals surface area (Å²) in [6.45, 7) is 5.18. The van der Waals surface area contributed by atoms with E-state index < -0.39 is 0 Å². The molecule has 1 aromatic carbocycles. The fraction of sp³-hybridized carbons (Fsp3) is 0.389. The van der Waals surface area contributed by atoms with Gasteiger partial charge in [0.25, 0.3) is 5.56 Å². The number of fused-ring (bicyclic) bond motifs is 1. The number of aryl methyl sites for hydroxylation is 4. The predicted molar refractivity (Wildman–Crippen MR) is 96.2 cm³/mol. The highest BCUT2D eigenvalue weighted by molar-refractivity contribution is 5.69. The van der Waals surface area contributed by atoms with Gasteiger partial charge in [0.15, 0.2) is 11.2 Å². The van der Waals surface area contributed by atoms with Crippen LogP contribution in [0.1, 0.15) is 17.5 Å². The molecule has 25 heavy (non-hydrogen) atoms. The lowest BCUT2D eigenvalue weighted by Gasteiger charge is -2.10. The molecular formula is C18H22N4O3. The highest BCUT2D eigenvalue weighted by Gasteiger charge is 2.13. The Morgan fingerprint density at radius 3 is 2.64 bits per heavy atom. The number of ether oxygens (including phenoxy) is 1. The second-order valence-corrected chi connectivity index (χ2v) is 6.29. The van der Waals surface area contributed by atoms with Gasteiger partial charge in [-0.3, -0.25) is 13.9 Å². The second-order valence-electron chi connectivity index (χ2n) is 6.29. The number of benzene rings is 1. The summed E-state index contributed by atoms with van der Waals surface area (Å²) < 4.78 is 10.1. The fourth-order valence-electron chi connectivity index (χ4n) is 2.85. The lowest BCUT2D eigenvalue weighted by molar-refractivity contribution is 0.300. The Bertz CT molecular complexity index is 1040. The maximum Gasteiger partial charge on any atom is 0.332 e. The Hall–Kier alpha value is -2.83. The Morgan fingerprint density at radius 1 is 1.12 bits per heavy atom. The number of hydrogen-bond acceptors (Lipinski definition) is 4. The molecule has 0 aliphatic rings. The first kappa shape index (κ1) is 17.0. The standard InChI is InChI=1S/C18H22N4O3/c1-12-6-7-13(2)14(10-12)25-9-5-8-22-11-19-16-15(22)17(23)21(4)18(24)20(16)3/h6-7,10-11H,5,8-9H2,1-4H3. The number of rotatable bonds is 5. The maximum absolute atomic E-state index is 12.4. The summed E-state index contributed by atoms with van der Waals surface area (Å²) in [5.74, 6) is 0.883. The SMILES string of the molecule is Cc1ccc(C)c(OCCCn2cnc3c2c(=O)n(C)c(=O)n3C)c1. The molecule has 3 rings (SSSR count).